The Bertz CT molecular complexity index is 809. The van der Waals surface area contributed by atoms with E-state index in [4.69, 9.17) is 11.6 Å². The number of pyridine rings is 1. The zero-order valence-electron chi connectivity index (χ0n) is 15.3. The van der Waals surface area contributed by atoms with E-state index in [2.05, 4.69) is 4.98 Å². The highest BCUT2D eigenvalue weighted by Gasteiger charge is 2.17. The van der Waals surface area contributed by atoms with Crippen LogP contribution in [-0.2, 0) is 13.0 Å². The van der Waals surface area contributed by atoms with Crippen LogP contribution < -0.4 is 11.6 Å². The molecule has 2 atom stereocenters. The number of nitrogens with zero attached hydrogens (tertiary/aromatic N) is 2. The lowest BCUT2D eigenvalue weighted by molar-refractivity contribution is 0.0877. The van der Waals surface area contributed by atoms with Gasteiger partial charge in [0.15, 0.2) is 0 Å². The summed E-state index contributed by atoms with van der Waals surface area (Å²) in [4.78, 5) is 4.35. The molecule has 0 saturated heterocycles. The van der Waals surface area contributed by atoms with Crippen molar-refractivity contribution in [2.75, 3.05) is 6.54 Å². The molecule has 0 fully saturated rings. The lowest BCUT2D eigenvalue weighted by Crippen LogP contribution is -2.46. The van der Waals surface area contributed by atoms with Crippen LogP contribution in [0.1, 0.15) is 11.1 Å². The third-order valence-electron chi connectivity index (χ3n) is 4.53. The number of aliphatic hydroxyl groups is 1. The number of nitrogens with two attached hydrogens (primary N) is 2. The van der Waals surface area contributed by atoms with Crippen molar-refractivity contribution in [1.82, 2.24) is 9.99 Å². The number of hydrogen-bond donors (Lipinski definition) is 3. The summed E-state index contributed by atoms with van der Waals surface area (Å²) >= 11 is 0. The van der Waals surface area contributed by atoms with E-state index < -0.39 is 6.10 Å². The smallest absolute Gasteiger partial charge is 0.0835 e. The van der Waals surface area contributed by atoms with E-state index in [9.17, 15) is 5.11 Å². The van der Waals surface area contributed by atoms with Crippen LogP contribution >= 0.6 is 0 Å². The second-order valence-corrected chi connectivity index (χ2v) is 6.76. The second kappa shape index (κ2) is 9.39. The Kier molecular flexibility index (Phi) is 6.68. The minimum absolute atomic E-state index is 0.315. The zero-order chi connectivity index (χ0) is 19.1. The van der Waals surface area contributed by atoms with Crippen molar-refractivity contribution in [3.05, 3.63) is 90.1 Å². The molecule has 0 spiro atoms. The summed E-state index contributed by atoms with van der Waals surface area (Å²) < 4.78 is 0. The first-order valence-electron chi connectivity index (χ1n) is 9.09. The van der Waals surface area contributed by atoms with Gasteiger partial charge in [-0.05, 0) is 29.7 Å². The zero-order valence-corrected chi connectivity index (χ0v) is 15.3. The highest BCUT2D eigenvalue weighted by molar-refractivity contribution is 5.58. The Morgan fingerprint density at radius 3 is 2.26 bits per heavy atom. The van der Waals surface area contributed by atoms with Crippen molar-refractivity contribution in [2.24, 2.45) is 11.6 Å². The first-order chi connectivity index (χ1) is 13.1. The molecule has 0 saturated carbocycles. The molecule has 5 heteroatoms. The van der Waals surface area contributed by atoms with Crippen molar-refractivity contribution in [1.29, 1.82) is 0 Å². The summed E-state index contributed by atoms with van der Waals surface area (Å²) in [5, 5.41) is 12.0. The van der Waals surface area contributed by atoms with Gasteiger partial charge in [0.1, 0.15) is 0 Å². The molecule has 0 aliphatic carbocycles. The van der Waals surface area contributed by atoms with Crippen molar-refractivity contribution >= 4 is 0 Å². The van der Waals surface area contributed by atoms with Gasteiger partial charge in [-0.15, -0.1) is 0 Å². The van der Waals surface area contributed by atoms with Crippen LogP contribution in [-0.4, -0.2) is 33.8 Å². The highest BCUT2D eigenvalue weighted by atomic mass is 16.3. The summed E-state index contributed by atoms with van der Waals surface area (Å²) in [6.07, 6.45) is 1.71. The predicted octanol–water partition coefficient (Wildman–Crippen LogP) is 2.36. The summed E-state index contributed by atoms with van der Waals surface area (Å²) in [6.45, 7) is 0.855. The van der Waals surface area contributed by atoms with Gasteiger partial charge < -0.3 is 10.8 Å². The molecule has 0 unspecified atom stereocenters. The van der Waals surface area contributed by atoms with Crippen molar-refractivity contribution in [3.8, 4) is 11.3 Å². The van der Waals surface area contributed by atoms with E-state index in [1.807, 2.05) is 72.8 Å². The molecular formula is C22H26N4O. The van der Waals surface area contributed by atoms with Crippen LogP contribution in [0.3, 0.4) is 0 Å². The minimum Gasteiger partial charge on any atom is -0.390 e. The molecule has 0 aliphatic heterocycles. The van der Waals surface area contributed by atoms with Crippen LogP contribution in [0.4, 0.5) is 0 Å². The Morgan fingerprint density at radius 2 is 1.59 bits per heavy atom. The average Bonchev–Trinajstić information content (AvgIpc) is 2.70. The van der Waals surface area contributed by atoms with Crippen LogP contribution in [0.15, 0.2) is 79.0 Å². The summed E-state index contributed by atoms with van der Waals surface area (Å²) in [7, 11) is 0. The van der Waals surface area contributed by atoms with Gasteiger partial charge in [0.25, 0.3) is 0 Å². The molecule has 140 valence electrons. The fourth-order valence-corrected chi connectivity index (χ4v) is 3.01. The normalized spacial score (nSPS) is 13.5. The van der Waals surface area contributed by atoms with Crippen molar-refractivity contribution < 1.29 is 5.11 Å². The van der Waals surface area contributed by atoms with Crippen LogP contribution in [0.2, 0.25) is 0 Å². The minimum atomic E-state index is -0.692. The Hall–Kier alpha value is -2.57. The maximum Gasteiger partial charge on any atom is 0.0835 e. The van der Waals surface area contributed by atoms with Crippen molar-refractivity contribution in [3.63, 3.8) is 0 Å². The predicted molar refractivity (Wildman–Crippen MR) is 108 cm³/mol. The maximum absolute atomic E-state index is 10.4. The fourth-order valence-electron chi connectivity index (χ4n) is 3.01. The molecular weight excluding hydrogens is 336 g/mol. The van der Waals surface area contributed by atoms with Crippen molar-refractivity contribution in [2.45, 2.75) is 25.1 Å². The van der Waals surface area contributed by atoms with Gasteiger partial charge in [0, 0.05) is 30.9 Å². The monoisotopic (exact) mass is 362 g/mol. The van der Waals surface area contributed by atoms with Gasteiger partial charge in [-0.3, -0.25) is 10.8 Å². The van der Waals surface area contributed by atoms with Gasteiger partial charge in [0.2, 0.25) is 0 Å². The third-order valence-corrected chi connectivity index (χ3v) is 4.53. The number of hydrazine groups is 1. The second-order valence-electron chi connectivity index (χ2n) is 6.76. The topological polar surface area (TPSA) is 88.4 Å². The molecule has 5 nitrogen and oxygen atoms in total. The fraction of sp³-hybridized carbons (Fsp3) is 0.227. The number of benzene rings is 2. The first kappa shape index (κ1) is 19.2. The molecule has 3 rings (SSSR count). The van der Waals surface area contributed by atoms with E-state index in [1.54, 1.807) is 11.2 Å². The molecule has 27 heavy (non-hydrogen) atoms. The average molecular weight is 362 g/mol. The molecule has 0 radical (unpaired) electrons. The van der Waals surface area contributed by atoms with Crippen LogP contribution in [0.5, 0.6) is 0 Å². The molecule has 5 N–H and O–H groups in total. The Morgan fingerprint density at radius 1 is 0.889 bits per heavy atom. The van der Waals surface area contributed by atoms with E-state index in [0.29, 0.717) is 19.5 Å². The number of hydrogen-bond acceptors (Lipinski definition) is 5. The standard InChI is InChI=1S/C22H26N4O/c23-20(14-17-6-2-1-3-7-17)22(27)16-26(24)15-18-9-11-19(12-10-18)21-8-4-5-13-25-21/h1-13,20,22,27H,14-16,23-24H2/t20-,22+/m0/s1. The highest BCUT2D eigenvalue weighted by Crippen LogP contribution is 2.17. The SMILES string of the molecule is N[C@@H](Cc1ccccc1)[C@H](O)CN(N)Cc1ccc(-c2ccccn2)cc1. The molecule has 1 aromatic heterocycles. The van der Waals surface area contributed by atoms with E-state index >= 15 is 0 Å². The summed E-state index contributed by atoms with van der Waals surface area (Å²) in [6, 6.07) is 23.5. The summed E-state index contributed by atoms with van der Waals surface area (Å²) in [5.41, 5.74) is 10.3. The summed E-state index contributed by atoms with van der Waals surface area (Å²) in [5.74, 6) is 6.09. The molecule has 1 heterocycles. The van der Waals surface area contributed by atoms with E-state index in [-0.39, 0.29) is 6.04 Å². The molecule has 0 amide bonds. The van der Waals surface area contributed by atoms with E-state index in [0.717, 1.165) is 22.4 Å². The Labute approximate surface area is 160 Å². The Balaban J connectivity index is 1.51. The van der Waals surface area contributed by atoms with Gasteiger partial charge in [-0.2, -0.15) is 0 Å². The van der Waals surface area contributed by atoms with E-state index in [1.165, 1.54) is 0 Å². The lowest BCUT2D eigenvalue weighted by Gasteiger charge is -2.24. The number of rotatable bonds is 8. The molecule has 0 aliphatic rings. The van der Waals surface area contributed by atoms with Gasteiger partial charge in [-0.25, -0.2) is 5.01 Å². The van der Waals surface area contributed by atoms with Crippen LogP contribution in [0.25, 0.3) is 11.3 Å². The van der Waals surface area contributed by atoms with Gasteiger partial charge in [-0.1, -0.05) is 60.7 Å². The van der Waals surface area contributed by atoms with Gasteiger partial charge >= 0.3 is 0 Å². The number of aliphatic hydroxyl groups excluding tert-OH is 1. The quantitative estimate of drug-likeness (QED) is 0.423. The number of aromatic nitrogens is 1. The molecule has 3 aromatic rings. The van der Waals surface area contributed by atoms with Gasteiger partial charge in [0.05, 0.1) is 11.8 Å². The maximum atomic E-state index is 10.4. The van der Waals surface area contributed by atoms with Crippen LogP contribution in [0, 0.1) is 0 Å². The first-order valence-corrected chi connectivity index (χ1v) is 9.09. The third kappa shape index (κ3) is 5.70. The lowest BCUT2D eigenvalue weighted by atomic mass is 10.0. The molecule has 2 aromatic carbocycles. The molecule has 0 bridgehead atoms. The largest absolute Gasteiger partial charge is 0.390 e.